The van der Waals surface area contributed by atoms with E-state index < -0.39 is 5.25 Å². The minimum Gasteiger partial charge on any atom is -0.416 e. The molecule has 26 heavy (non-hydrogen) atoms. The Bertz CT molecular complexity index is 899. The van der Waals surface area contributed by atoms with Crippen molar-refractivity contribution in [1.29, 1.82) is 0 Å². The van der Waals surface area contributed by atoms with Crippen LogP contribution in [-0.2, 0) is 11.2 Å². The summed E-state index contributed by atoms with van der Waals surface area (Å²) in [6, 6.07) is 15.3. The van der Waals surface area contributed by atoms with Crippen LogP contribution >= 0.6 is 23.4 Å². The van der Waals surface area contributed by atoms with Crippen LogP contribution in [0.1, 0.15) is 23.9 Å². The van der Waals surface area contributed by atoms with Crippen LogP contribution in [0.4, 0.5) is 5.69 Å². The highest BCUT2D eigenvalue weighted by Crippen LogP contribution is 2.25. The van der Waals surface area contributed by atoms with Gasteiger partial charge < -0.3 is 9.73 Å². The van der Waals surface area contributed by atoms with Gasteiger partial charge in [-0.2, -0.15) is 0 Å². The van der Waals surface area contributed by atoms with Gasteiger partial charge in [-0.1, -0.05) is 59.8 Å². The summed E-state index contributed by atoms with van der Waals surface area (Å²) in [4.78, 5) is 12.4. The Morgan fingerprint density at radius 1 is 1.23 bits per heavy atom. The summed E-state index contributed by atoms with van der Waals surface area (Å²) in [6.07, 6.45) is 0.566. The lowest BCUT2D eigenvalue weighted by molar-refractivity contribution is -0.115. The van der Waals surface area contributed by atoms with E-state index in [1.807, 2.05) is 43.3 Å². The van der Waals surface area contributed by atoms with Gasteiger partial charge in [0.05, 0.1) is 11.7 Å². The van der Waals surface area contributed by atoms with Gasteiger partial charge in [0.1, 0.15) is 0 Å². The topological polar surface area (TPSA) is 68.0 Å². The van der Waals surface area contributed by atoms with Crippen LogP contribution in [0.2, 0.25) is 5.02 Å². The monoisotopic (exact) mass is 387 g/mol. The van der Waals surface area contributed by atoms with E-state index in [1.165, 1.54) is 11.8 Å². The smallest absolute Gasteiger partial charge is 0.277 e. The molecule has 0 unspecified atom stereocenters. The van der Waals surface area contributed by atoms with Crippen molar-refractivity contribution in [3.05, 3.63) is 70.6 Å². The average molecular weight is 388 g/mol. The van der Waals surface area contributed by atoms with Crippen LogP contribution in [0.25, 0.3) is 0 Å². The first-order valence-electron chi connectivity index (χ1n) is 8.11. The first-order valence-corrected chi connectivity index (χ1v) is 9.37. The number of nitrogens with one attached hydrogen (secondary N) is 1. The SMILES string of the molecule is Cc1ccc(Cl)cc1NC(=O)[C@@H](C)Sc1nnc(Cc2ccccc2)o1. The van der Waals surface area contributed by atoms with Gasteiger partial charge in [0.2, 0.25) is 11.8 Å². The second-order valence-corrected chi connectivity index (χ2v) is 7.56. The molecule has 1 heterocycles. The number of nitrogens with zero attached hydrogens (tertiary/aromatic N) is 2. The first-order chi connectivity index (χ1) is 12.5. The van der Waals surface area contributed by atoms with Crippen molar-refractivity contribution in [1.82, 2.24) is 10.2 Å². The van der Waals surface area contributed by atoms with Crippen LogP contribution in [0.5, 0.6) is 0 Å². The highest BCUT2D eigenvalue weighted by Gasteiger charge is 2.19. The molecule has 1 N–H and O–H groups in total. The van der Waals surface area contributed by atoms with Gasteiger partial charge in [0.15, 0.2) is 0 Å². The zero-order valence-electron chi connectivity index (χ0n) is 14.4. The Balaban J connectivity index is 1.60. The molecular weight excluding hydrogens is 370 g/mol. The number of aryl methyl sites for hydroxylation is 1. The fraction of sp³-hybridized carbons (Fsp3) is 0.211. The van der Waals surface area contributed by atoms with Crippen molar-refractivity contribution in [2.45, 2.75) is 30.7 Å². The minimum absolute atomic E-state index is 0.150. The predicted octanol–water partition coefficient (Wildman–Crippen LogP) is 4.74. The lowest BCUT2D eigenvalue weighted by atomic mass is 10.2. The Morgan fingerprint density at radius 3 is 2.77 bits per heavy atom. The van der Waals surface area contributed by atoms with Gasteiger partial charge >= 0.3 is 0 Å². The Morgan fingerprint density at radius 2 is 2.00 bits per heavy atom. The molecular formula is C19H18ClN3O2S. The maximum atomic E-state index is 12.4. The summed E-state index contributed by atoms with van der Waals surface area (Å²) in [5.41, 5.74) is 2.74. The van der Waals surface area contributed by atoms with Crippen molar-refractivity contribution in [3.63, 3.8) is 0 Å². The third kappa shape index (κ3) is 4.86. The highest BCUT2D eigenvalue weighted by atomic mass is 35.5. The zero-order chi connectivity index (χ0) is 18.5. The summed E-state index contributed by atoms with van der Waals surface area (Å²) in [7, 11) is 0. The second-order valence-electron chi connectivity index (χ2n) is 5.83. The maximum Gasteiger partial charge on any atom is 0.277 e. The number of carbonyl (C=O) groups excluding carboxylic acids is 1. The zero-order valence-corrected chi connectivity index (χ0v) is 16.0. The average Bonchev–Trinajstić information content (AvgIpc) is 3.05. The number of rotatable bonds is 6. The molecule has 2 aromatic carbocycles. The molecule has 134 valence electrons. The van der Waals surface area contributed by atoms with E-state index in [2.05, 4.69) is 15.5 Å². The minimum atomic E-state index is -0.390. The number of hydrogen-bond acceptors (Lipinski definition) is 5. The molecule has 0 radical (unpaired) electrons. The summed E-state index contributed by atoms with van der Waals surface area (Å²) in [5, 5.41) is 11.5. The van der Waals surface area contributed by atoms with Crippen LogP contribution in [0.15, 0.2) is 58.2 Å². The van der Waals surface area contributed by atoms with Gasteiger partial charge in [0.25, 0.3) is 5.22 Å². The predicted molar refractivity (Wildman–Crippen MR) is 104 cm³/mol. The second kappa shape index (κ2) is 8.38. The lowest BCUT2D eigenvalue weighted by Gasteiger charge is -2.12. The first kappa shape index (κ1) is 18.5. The van der Waals surface area contributed by atoms with Gasteiger partial charge in [-0.3, -0.25) is 4.79 Å². The van der Waals surface area contributed by atoms with Gasteiger partial charge in [0, 0.05) is 10.7 Å². The number of anilines is 1. The molecule has 3 rings (SSSR count). The fourth-order valence-corrected chi connectivity index (χ4v) is 3.17. The summed E-state index contributed by atoms with van der Waals surface area (Å²) in [5.74, 6) is 0.375. The molecule has 0 spiro atoms. The molecule has 5 nitrogen and oxygen atoms in total. The standard InChI is InChI=1S/C19H18ClN3O2S/c1-12-8-9-15(20)11-16(12)21-18(24)13(2)26-19-23-22-17(25-19)10-14-6-4-3-5-7-14/h3-9,11,13H,10H2,1-2H3,(H,21,24)/t13-/m1/s1. The lowest BCUT2D eigenvalue weighted by Crippen LogP contribution is -2.22. The maximum absolute atomic E-state index is 12.4. The van der Waals surface area contributed by atoms with Crippen molar-refractivity contribution >= 4 is 35.0 Å². The molecule has 7 heteroatoms. The molecule has 1 atom stereocenters. The number of carbonyl (C=O) groups is 1. The number of aromatic nitrogens is 2. The van der Waals surface area contributed by atoms with Crippen molar-refractivity contribution in [2.24, 2.45) is 0 Å². The molecule has 3 aromatic rings. The molecule has 1 aromatic heterocycles. The summed E-state index contributed by atoms with van der Waals surface area (Å²) >= 11 is 7.22. The normalized spacial score (nSPS) is 12.0. The van der Waals surface area contributed by atoms with Crippen molar-refractivity contribution < 1.29 is 9.21 Å². The number of amides is 1. The van der Waals surface area contributed by atoms with E-state index in [1.54, 1.807) is 19.1 Å². The molecule has 0 aliphatic heterocycles. The van der Waals surface area contributed by atoms with Crippen molar-refractivity contribution in [2.75, 3.05) is 5.32 Å². The van der Waals surface area contributed by atoms with Crippen LogP contribution in [-0.4, -0.2) is 21.4 Å². The summed E-state index contributed by atoms with van der Waals surface area (Å²) in [6.45, 7) is 3.71. The van der Waals surface area contributed by atoms with E-state index in [9.17, 15) is 4.79 Å². The molecule has 0 aliphatic carbocycles. The largest absolute Gasteiger partial charge is 0.416 e. The van der Waals surface area contributed by atoms with Crippen LogP contribution in [0.3, 0.4) is 0 Å². The van der Waals surface area contributed by atoms with E-state index >= 15 is 0 Å². The van der Waals surface area contributed by atoms with E-state index in [4.69, 9.17) is 16.0 Å². The number of halogens is 1. The number of benzene rings is 2. The summed E-state index contributed by atoms with van der Waals surface area (Å²) < 4.78 is 5.64. The third-order valence-corrected chi connectivity index (χ3v) is 4.92. The fourth-order valence-electron chi connectivity index (χ4n) is 2.30. The van der Waals surface area contributed by atoms with Gasteiger partial charge in [-0.05, 0) is 37.1 Å². The van der Waals surface area contributed by atoms with Crippen LogP contribution < -0.4 is 5.32 Å². The Labute approximate surface area is 161 Å². The van der Waals surface area contributed by atoms with Gasteiger partial charge in [-0.25, -0.2) is 0 Å². The van der Waals surface area contributed by atoms with E-state index in [0.29, 0.717) is 28.2 Å². The molecule has 0 fully saturated rings. The van der Waals surface area contributed by atoms with Crippen molar-refractivity contribution in [3.8, 4) is 0 Å². The number of hydrogen-bond donors (Lipinski definition) is 1. The van der Waals surface area contributed by atoms with E-state index in [0.717, 1.165) is 11.1 Å². The Kier molecular flexibility index (Phi) is 5.96. The molecule has 0 saturated carbocycles. The number of thioether (sulfide) groups is 1. The molecule has 0 saturated heterocycles. The quantitative estimate of drug-likeness (QED) is 0.618. The van der Waals surface area contributed by atoms with Crippen LogP contribution in [0, 0.1) is 6.92 Å². The van der Waals surface area contributed by atoms with Gasteiger partial charge in [-0.15, -0.1) is 10.2 Å². The Hall–Kier alpha value is -2.31. The van der Waals surface area contributed by atoms with E-state index in [-0.39, 0.29) is 5.91 Å². The molecule has 1 amide bonds. The molecule has 0 bridgehead atoms. The highest BCUT2D eigenvalue weighted by molar-refractivity contribution is 8.00. The molecule has 0 aliphatic rings. The third-order valence-electron chi connectivity index (χ3n) is 3.75.